The van der Waals surface area contributed by atoms with Crippen molar-refractivity contribution in [3.8, 4) is 0 Å². The first-order valence-corrected chi connectivity index (χ1v) is 27.5. The van der Waals surface area contributed by atoms with Gasteiger partial charge in [0.15, 0.2) is 0 Å². The van der Waals surface area contributed by atoms with Crippen LogP contribution in [0.4, 0.5) is 0 Å². The van der Waals surface area contributed by atoms with E-state index >= 15 is 0 Å². The standard InChI is InChI=1S/C54H110N10O12/c1-17-58(10)35-37-62(14)27-22-49(66)73-44-53(40-70-16,43-72-48(65)20-25-60(12)33-30-55(4)5)41-71-42-54(45-74-50(67)21-26-61(13)34-31-56(6)7,46-75-51(68)23-28-63(15)38-36-59(11)18-2)47-76-52(69)24-29-64(19-3)39-32-57(8)9/h17-47H2,1-16H3. The smallest absolute Gasteiger partial charge is 0.307 e. The van der Waals surface area contributed by atoms with Gasteiger partial charge in [-0.2, -0.15) is 0 Å². The monoisotopic (exact) mass is 1090 g/mol. The van der Waals surface area contributed by atoms with Gasteiger partial charge in [-0.15, -0.1) is 0 Å². The highest BCUT2D eigenvalue weighted by Crippen LogP contribution is 2.26. The Morgan fingerprint density at radius 1 is 0.303 bits per heavy atom. The summed E-state index contributed by atoms with van der Waals surface area (Å²) in [5.74, 6) is -2.33. The molecule has 0 aliphatic heterocycles. The van der Waals surface area contributed by atoms with Crippen LogP contribution >= 0.6 is 0 Å². The fourth-order valence-corrected chi connectivity index (χ4v) is 7.15. The van der Waals surface area contributed by atoms with Crippen LogP contribution in [0, 0.1) is 10.8 Å². The first kappa shape index (κ1) is 72.9. The van der Waals surface area contributed by atoms with Gasteiger partial charge in [0.2, 0.25) is 0 Å². The first-order valence-electron chi connectivity index (χ1n) is 27.5. The molecule has 0 bridgehead atoms. The molecule has 22 nitrogen and oxygen atoms in total. The van der Waals surface area contributed by atoms with Crippen LogP contribution in [-0.4, -0.2) is 341 Å². The Kier molecular flexibility index (Phi) is 41.0. The van der Waals surface area contributed by atoms with Gasteiger partial charge in [-0.05, 0) is 104 Å². The van der Waals surface area contributed by atoms with Crippen molar-refractivity contribution in [3.05, 3.63) is 0 Å². The molecular weight excluding hydrogens is 981 g/mol. The predicted octanol–water partition coefficient (Wildman–Crippen LogP) is 0.926. The van der Waals surface area contributed by atoms with E-state index in [1.807, 2.05) is 96.4 Å². The van der Waals surface area contributed by atoms with Crippen LogP contribution in [0.2, 0.25) is 0 Å². The largest absolute Gasteiger partial charge is 0.465 e. The fraction of sp³-hybridized carbons (Fsp3) is 0.907. The Morgan fingerprint density at radius 2 is 0.566 bits per heavy atom. The van der Waals surface area contributed by atoms with Crippen LogP contribution in [-0.2, 0) is 57.1 Å². The summed E-state index contributed by atoms with van der Waals surface area (Å²) in [5, 5.41) is 0. The van der Waals surface area contributed by atoms with Gasteiger partial charge in [-0.25, -0.2) is 0 Å². The maximum Gasteiger partial charge on any atom is 0.307 e. The van der Waals surface area contributed by atoms with E-state index < -0.39 is 40.7 Å². The molecule has 0 fully saturated rings. The quantitative estimate of drug-likeness (QED) is 0.0619. The molecule has 2 unspecified atom stereocenters. The molecular formula is C54H110N10O12. The predicted molar refractivity (Wildman–Crippen MR) is 300 cm³/mol. The summed E-state index contributed by atoms with van der Waals surface area (Å²) in [4.78, 5) is 88.5. The number of nitrogens with zero attached hydrogens (tertiary/aromatic N) is 10. The van der Waals surface area contributed by atoms with Crippen molar-refractivity contribution in [2.24, 2.45) is 10.8 Å². The van der Waals surface area contributed by atoms with E-state index in [4.69, 9.17) is 33.2 Å². The zero-order valence-electron chi connectivity index (χ0n) is 50.8. The van der Waals surface area contributed by atoms with Crippen LogP contribution < -0.4 is 0 Å². The molecule has 0 aromatic heterocycles. The molecule has 2 atom stereocenters. The number of hydrogen-bond acceptors (Lipinski definition) is 22. The minimum Gasteiger partial charge on any atom is -0.465 e. The van der Waals surface area contributed by atoms with Crippen molar-refractivity contribution < 1.29 is 57.1 Å². The lowest BCUT2D eigenvalue weighted by atomic mass is 9.90. The second-order valence-corrected chi connectivity index (χ2v) is 21.8. The Labute approximate surface area is 460 Å². The van der Waals surface area contributed by atoms with Crippen molar-refractivity contribution in [2.75, 3.05) is 262 Å². The van der Waals surface area contributed by atoms with Crippen molar-refractivity contribution in [1.29, 1.82) is 0 Å². The summed E-state index contributed by atoms with van der Waals surface area (Å²) in [6.45, 7) is 17.2. The van der Waals surface area contributed by atoms with E-state index in [2.05, 4.69) is 57.9 Å². The maximum atomic E-state index is 13.6. The fourth-order valence-electron chi connectivity index (χ4n) is 7.15. The van der Waals surface area contributed by atoms with Gasteiger partial charge in [-0.1, -0.05) is 20.8 Å². The van der Waals surface area contributed by atoms with Gasteiger partial charge in [0.05, 0.1) is 62.8 Å². The summed E-state index contributed by atoms with van der Waals surface area (Å²) in [7, 11) is 25.3. The highest BCUT2D eigenvalue weighted by atomic mass is 16.6. The van der Waals surface area contributed by atoms with E-state index in [1.54, 1.807) is 0 Å². The minimum absolute atomic E-state index is 0.0316. The van der Waals surface area contributed by atoms with Gasteiger partial charge in [0.25, 0.3) is 0 Å². The van der Waals surface area contributed by atoms with Crippen LogP contribution in [0.15, 0.2) is 0 Å². The molecule has 0 radical (unpaired) electrons. The molecule has 0 aromatic carbocycles. The lowest BCUT2D eigenvalue weighted by Gasteiger charge is -2.36. The van der Waals surface area contributed by atoms with Crippen LogP contribution in [0.5, 0.6) is 0 Å². The molecule has 0 spiro atoms. The molecule has 0 saturated carbocycles. The highest BCUT2D eigenvalue weighted by Gasteiger charge is 2.40. The second-order valence-electron chi connectivity index (χ2n) is 21.8. The van der Waals surface area contributed by atoms with Crippen molar-refractivity contribution >= 4 is 29.8 Å². The van der Waals surface area contributed by atoms with E-state index in [9.17, 15) is 24.0 Å². The molecule has 0 aliphatic carbocycles. The zero-order chi connectivity index (χ0) is 57.5. The molecule has 448 valence electrons. The Bertz CT molecular complexity index is 1550. The third-order valence-electron chi connectivity index (χ3n) is 13.4. The summed E-state index contributed by atoms with van der Waals surface area (Å²) in [6, 6.07) is 0. The van der Waals surface area contributed by atoms with Crippen LogP contribution in [0.25, 0.3) is 0 Å². The van der Waals surface area contributed by atoms with E-state index in [0.717, 1.165) is 85.1 Å². The number of esters is 5. The van der Waals surface area contributed by atoms with Crippen molar-refractivity contribution in [2.45, 2.75) is 52.9 Å². The normalized spacial score (nSPS) is 13.8. The van der Waals surface area contributed by atoms with E-state index in [1.165, 1.54) is 7.11 Å². The lowest BCUT2D eigenvalue weighted by Crippen LogP contribution is -2.47. The van der Waals surface area contributed by atoms with Gasteiger partial charge in [-0.3, -0.25) is 24.0 Å². The summed E-state index contributed by atoms with van der Waals surface area (Å²) in [5.41, 5.74) is -2.59. The molecule has 0 aromatic rings. The molecule has 0 amide bonds. The SMILES string of the molecule is CCN(C)CCN(C)CCC(=O)OCC(COC)(COCC(COC(=O)CCN(C)CCN(C)C)(COC(=O)CCN(C)CCN(C)CC)COC(=O)CCN(CC)CCN(C)C)COC(=O)CCN(C)CCN(C)C. The topological polar surface area (TPSA) is 182 Å². The second kappa shape index (κ2) is 42.8. The number of carbonyl (C=O) groups is 5. The lowest BCUT2D eigenvalue weighted by molar-refractivity contribution is -0.173. The van der Waals surface area contributed by atoms with Gasteiger partial charge in [0.1, 0.15) is 33.0 Å². The summed E-state index contributed by atoms with van der Waals surface area (Å²) in [6.07, 6.45) is 0.531. The number of carbonyl (C=O) groups excluding carboxylic acids is 5. The third-order valence-corrected chi connectivity index (χ3v) is 13.4. The molecule has 0 saturated heterocycles. The number of likely N-dealkylation sites (N-methyl/N-ethyl adjacent to an activating group) is 10. The van der Waals surface area contributed by atoms with Crippen molar-refractivity contribution in [3.63, 3.8) is 0 Å². The zero-order valence-corrected chi connectivity index (χ0v) is 50.8. The first-order chi connectivity index (χ1) is 35.9. The van der Waals surface area contributed by atoms with E-state index in [-0.39, 0.29) is 85.0 Å². The van der Waals surface area contributed by atoms with Gasteiger partial charge < -0.3 is 82.2 Å². The highest BCUT2D eigenvalue weighted by molar-refractivity contribution is 5.71. The van der Waals surface area contributed by atoms with Gasteiger partial charge >= 0.3 is 29.8 Å². The molecule has 0 N–H and O–H groups in total. The van der Waals surface area contributed by atoms with Crippen LogP contribution in [0.1, 0.15) is 52.9 Å². The maximum absolute atomic E-state index is 13.6. The van der Waals surface area contributed by atoms with Gasteiger partial charge in [0, 0.05) is 105 Å². The summed E-state index contributed by atoms with van der Waals surface area (Å²) < 4.78 is 42.2. The Balaban J connectivity index is 6.98. The number of methoxy groups -OCH3 is 1. The molecule has 0 aliphatic rings. The van der Waals surface area contributed by atoms with Crippen LogP contribution in [0.3, 0.4) is 0 Å². The van der Waals surface area contributed by atoms with E-state index in [0.29, 0.717) is 32.7 Å². The molecule has 76 heavy (non-hydrogen) atoms. The average Bonchev–Trinajstić information content (AvgIpc) is 3.38. The number of hydrogen-bond donors (Lipinski definition) is 0. The molecule has 0 rings (SSSR count). The average molecular weight is 1090 g/mol. The third kappa shape index (κ3) is 38.4. The molecule has 0 heterocycles. The Hall–Kier alpha value is -3.13. The number of ether oxygens (including phenoxy) is 7. The summed E-state index contributed by atoms with van der Waals surface area (Å²) >= 11 is 0. The van der Waals surface area contributed by atoms with Crippen molar-refractivity contribution in [1.82, 2.24) is 49.0 Å². The number of rotatable bonds is 49. The Morgan fingerprint density at radius 3 is 0.842 bits per heavy atom. The molecule has 22 heteroatoms. The minimum atomic E-state index is -1.39.